The number of hydrogen-bond donors (Lipinski definition) is 0. The average molecular weight is 470 g/mol. The molecule has 7 heteroatoms. The van der Waals surface area contributed by atoms with E-state index < -0.39 is 10.1 Å². The Morgan fingerprint density at radius 1 is 0.969 bits per heavy atom. The fraction of sp³-hybridized carbons (Fsp3) is 0.720. The molecule has 0 unspecified atom stereocenters. The van der Waals surface area contributed by atoms with Crippen LogP contribution in [0.5, 0.6) is 11.5 Å². The van der Waals surface area contributed by atoms with Crippen molar-refractivity contribution in [2.75, 3.05) is 19.9 Å². The molecule has 0 aliphatic carbocycles. The number of amides is 1. The van der Waals surface area contributed by atoms with Gasteiger partial charge in [0.1, 0.15) is 0 Å². The van der Waals surface area contributed by atoms with Gasteiger partial charge in [0.05, 0.1) is 13.4 Å². The van der Waals surface area contributed by atoms with Gasteiger partial charge in [-0.3, -0.25) is 4.79 Å². The SMILES string of the molecule is CCCCCCCCCCCC(=O)N(Cc1ccc(OC)c(OS(C)(=O)=O)c1)CC(C)C. The van der Waals surface area contributed by atoms with Crippen molar-refractivity contribution in [2.24, 2.45) is 5.92 Å². The molecule has 0 aliphatic heterocycles. The van der Waals surface area contributed by atoms with Gasteiger partial charge in [0.15, 0.2) is 11.5 Å². The molecule has 184 valence electrons. The minimum Gasteiger partial charge on any atom is -0.493 e. The Labute approximate surface area is 195 Å². The third-order valence-corrected chi connectivity index (χ3v) is 5.76. The Hall–Kier alpha value is -1.76. The molecular weight excluding hydrogens is 426 g/mol. The minimum absolute atomic E-state index is 0.142. The molecule has 0 saturated carbocycles. The monoisotopic (exact) mass is 469 g/mol. The average Bonchev–Trinajstić information content (AvgIpc) is 2.70. The third kappa shape index (κ3) is 12.3. The largest absolute Gasteiger partial charge is 0.493 e. The summed E-state index contributed by atoms with van der Waals surface area (Å²) in [6.45, 7) is 7.48. The van der Waals surface area contributed by atoms with Crippen molar-refractivity contribution in [1.29, 1.82) is 0 Å². The van der Waals surface area contributed by atoms with Gasteiger partial charge < -0.3 is 13.8 Å². The van der Waals surface area contributed by atoms with Gasteiger partial charge in [0, 0.05) is 19.5 Å². The molecule has 1 amide bonds. The highest BCUT2D eigenvalue weighted by atomic mass is 32.2. The summed E-state index contributed by atoms with van der Waals surface area (Å²) >= 11 is 0. The van der Waals surface area contributed by atoms with Crippen molar-refractivity contribution in [3.05, 3.63) is 23.8 Å². The molecule has 0 radical (unpaired) electrons. The number of ether oxygens (including phenoxy) is 1. The van der Waals surface area contributed by atoms with Gasteiger partial charge in [-0.15, -0.1) is 0 Å². The highest BCUT2D eigenvalue weighted by Gasteiger charge is 2.17. The molecule has 0 spiro atoms. The van der Waals surface area contributed by atoms with Crippen molar-refractivity contribution in [3.8, 4) is 11.5 Å². The summed E-state index contributed by atoms with van der Waals surface area (Å²) in [5, 5.41) is 0. The zero-order valence-electron chi connectivity index (χ0n) is 20.7. The van der Waals surface area contributed by atoms with Gasteiger partial charge in [-0.05, 0) is 30.0 Å². The van der Waals surface area contributed by atoms with Gasteiger partial charge >= 0.3 is 10.1 Å². The summed E-state index contributed by atoms with van der Waals surface area (Å²) in [5.41, 5.74) is 0.811. The van der Waals surface area contributed by atoms with Crippen molar-refractivity contribution < 1.29 is 22.1 Å². The first-order valence-corrected chi connectivity index (χ1v) is 13.8. The molecule has 0 heterocycles. The second kappa shape index (κ2) is 15.1. The summed E-state index contributed by atoms with van der Waals surface area (Å²) in [5.74, 6) is 0.967. The van der Waals surface area contributed by atoms with Gasteiger partial charge in [0.25, 0.3) is 0 Å². The highest BCUT2D eigenvalue weighted by Crippen LogP contribution is 2.30. The van der Waals surface area contributed by atoms with Crippen LogP contribution in [0.2, 0.25) is 0 Å². The second-order valence-electron chi connectivity index (χ2n) is 9.02. The number of carbonyl (C=O) groups is 1. The molecule has 32 heavy (non-hydrogen) atoms. The van der Waals surface area contributed by atoms with Gasteiger partial charge in [-0.1, -0.05) is 78.2 Å². The van der Waals surface area contributed by atoms with E-state index in [1.54, 1.807) is 12.1 Å². The van der Waals surface area contributed by atoms with Crippen LogP contribution in [0, 0.1) is 5.92 Å². The minimum atomic E-state index is -3.68. The fourth-order valence-electron chi connectivity index (χ4n) is 3.71. The van der Waals surface area contributed by atoms with Crippen molar-refractivity contribution >= 4 is 16.0 Å². The molecule has 0 atom stereocenters. The van der Waals surface area contributed by atoms with E-state index in [2.05, 4.69) is 20.8 Å². The molecule has 0 fully saturated rings. The number of benzene rings is 1. The molecule has 1 aromatic rings. The number of unbranched alkanes of at least 4 members (excludes halogenated alkanes) is 8. The van der Waals surface area contributed by atoms with Gasteiger partial charge in [-0.25, -0.2) is 0 Å². The topological polar surface area (TPSA) is 72.9 Å². The lowest BCUT2D eigenvalue weighted by atomic mass is 10.1. The second-order valence-corrected chi connectivity index (χ2v) is 10.6. The van der Waals surface area contributed by atoms with E-state index in [-0.39, 0.29) is 11.7 Å². The number of rotatable bonds is 17. The van der Waals surface area contributed by atoms with Crippen LogP contribution in [0.25, 0.3) is 0 Å². The van der Waals surface area contributed by atoms with Gasteiger partial charge in [-0.2, -0.15) is 8.42 Å². The maximum absolute atomic E-state index is 12.9. The summed E-state index contributed by atoms with van der Waals surface area (Å²) in [6.07, 6.45) is 12.5. The maximum atomic E-state index is 12.9. The zero-order chi connectivity index (χ0) is 24.0. The number of nitrogens with zero attached hydrogens (tertiary/aromatic N) is 1. The first-order valence-electron chi connectivity index (χ1n) is 12.0. The Morgan fingerprint density at radius 3 is 2.09 bits per heavy atom. The maximum Gasteiger partial charge on any atom is 0.306 e. The van der Waals surface area contributed by atoms with Crippen LogP contribution in [-0.2, 0) is 21.5 Å². The first-order chi connectivity index (χ1) is 15.2. The van der Waals surface area contributed by atoms with Crippen molar-refractivity contribution in [3.63, 3.8) is 0 Å². The molecule has 0 aromatic heterocycles. The fourth-order valence-corrected chi connectivity index (χ4v) is 4.16. The van der Waals surface area contributed by atoms with E-state index in [1.165, 1.54) is 52.1 Å². The molecule has 0 saturated heterocycles. The van der Waals surface area contributed by atoms with E-state index in [0.717, 1.165) is 24.7 Å². The molecule has 1 rings (SSSR count). The van der Waals surface area contributed by atoms with E-state index >= 15 is 0 Å². The number of hydrogen-bond acceptors (Lipinski definition) is 5. The van der Waals surface area contributed by atoms with E-state index in [0.29, 0.717) is 31.2 Å². The number of carbonyl (C=O) groups excluding carboxylic acids is 1. The van der Waals surface area contributed by atoms with Crippen molar-refractivity contribution in [1.82, 2.24) is 4.90 Å². The quantitative estimate of drug-likeness (QED) is 0.208. The normalized spacial score (nSPS) is 11.6. The molecule has 6 nitrogen and oxygen atoms in total. The van der Waals surface area contributed by atoms with E-state index in [1.807, 2.05) is 11.0 Å². The van der Waals surface area contributed by atoms with Crippen LogP contribution in [0.15, 0.2) is 18.2 Å². The number of methoxy groups -OCH3 is 1. The van der Waals surface area contributed by atoms with E-state index in [9.17, 15) is 13.2 Å². The van der Waals surface area contributed by atoms with Crippen LogP contribution in [0.3, 0.4) is 0 Å². The Balaban J connectivity index is 2.63. The third-order valence-electron chi connectivity index (χ3n) is 5.28. The lowest BCUT2D eigenvalue weighted by Crippen LogP contribution is -2.33. The summed E-state index contributed by atoms with van der Waals surface area (Å²) < 4.78 is 33.4. The van der Waals surface area contributed by atoms with Crippen LogP contribution in [0.4, 0.5) is 0 Å². The Morgan fingerprint density at radius 2 is 1.56 bits per heavy atom. The molecular formula is C25H43NO5S. The van der Waals surface area contributed by atoms with Crippen LogP contribution in [0.1, 0.15) is 90.5 Å². The van der Waals surface area contributed by atoms with Gasteiger partial charge in [0.2, 0.25) is 5.91 Å². The molecule has 0 N–H and O–H groups in total. The molecule has 0 bridgehead atoms. The first kappa shape index (κ1) is 28.3. The Bertz CT molecular complexity index is 777. The standard InChI is InChI=1S/C25H43NO5S/c1-6-7-8-9-10-11-12-13-14-15-25(27)26(19-21(2)3)20-22-16-17-23(30-4)24(18-22)31-32(5,28)29/h16-18,21H,6-15,19-20H2,1-5H3. The summed E-state index contributed by atoms with van der Waals surface area (Å²) in [4.78, 5) is 14.8. The van der Waals surface area contributed by atoms with Crippen molar-refractivity contribution in [2.45, 2.75) is 91.5 Å². The lowest BCUT2D eigenvalue weighted by molar-refractivity contribution is -0.132. The predicted octanol–water partition coefficient (Wildman–Crippen LogP) is 5.94. The lowest BCUT2D eigenvalue weighted by Gasteiger charge is -2.25. The van der Waals surface area contributed by atoms with Crippen LogP contribution >= 0.6 is 0 Å². The molecule has 0 aliphatic rings. The highest BCUT2D eigenvalue weighted by molar-refractivity contribution is 7.86. The van der Waals surface area contributed by atoms with Crippen LogP contribution in [-0.4, -0.2) is 39.1 Å². The summed E-state index contributed by atoms with van der Waals surface area (Å²) in [6, 6.07) is 5.15. The smallest absolute Gasteiger partial charge is 0.306 e. The Kier molecular flexibility index (Phi) is 13.4. The molecule has 1 aromatic carbocycles. The zero-order valence-corrected chi connectivity index (χ0v) is 21.5. The van der Waals surface area contributed by atoms with Crippen LogP contribution < -0.4 is 8.92 Å². The predicted molar refractivity (Wildman–Crippen MR) is 131 cm³/mol. The summed E-state index contributed by atoms with van der Waals surface area (Å²) in [7, 11) is -2.22. The van der Waals surface area contributed by atoms with E-state index in [4.69, 9.17) is 8.92 Å².